The molecule has 2 aliphatic rings. The summed E-state index contributed by atoms with van der Waals surface area (Å²) in [5.41, 5.74) is 1.31. The van der Waals surface area contributed by atoms with E-state index in [0.29, 0.717) is 6.04 Å². The van der Waals surface area contributed by atoms with E-state index in [4.69, 9.17) is 5.10 Å². The molecule has 2 unspecified atom stereocenters. The Kier molecular flexibility index (Phi) is 3.55. The van der Waals surface area contributed by atoms with Gasteiger partial charge in [0, 0.05) is 11.0 Å². The molecule has 0 spiro atoms. The largest absolute Gasteiger partial charge is 0.269 e. The molecule has 3 heteroatoms. The van der Waals surface area contributed by atoms with Crippen LogP contribution in [0, 0.1) is 5.92 Å². The first-order chi connectivity index (χ1) is 8.31. The minimum atomic E-state index is 0.691. The molecule has 0 amide bonds. The molecule has 0 N–H and O–H groups in total. The van der Waals surface area contributed by atoms with Crippen molar-refractivity contribution in [3.05, 3.63) is 18.0 Å². The third-order valence-electron chi connectivity index (χ3n) is 4.34. The van der Waals surface area contributed by atoms with Crippen molar-refractivity contribution >= 4 is 15.9 Å². The van der Waals surface area contributed by atoms with E-state index in [9.17, 15) is 0 Å². The van der Waals surface area contributed by atoms with Gasteiger partial charge in [-0.15, -0.1) is 0 Å². The Labute approximate surface area is 112 Å². The predicted molar refractivity (Wildman–Crippen MR) is 73.5 cm³/mol. The summed E-state index contributed by atoms with van der Waals surface area (Å²) in [4.78, 5) is 0.754. The second-order valence-electron chi connectivity index (χ2n) is 5.71. The number of halogens is 1. The summed E-state index contributed by atoms with van der Waals surface area (Å²) < 4.78 is 2.23. The van der Waals surface area contributed by atoms with Crippen molar-refractivity contribution in [3.63, 3.8) is 0 Å². The van der Waals surface area contributed by atoms with Crippen LogP contribution in [0.4, 0.5) is 0 Å². The summed E-state index contributed by atoms with van der Waals surface area (Å²) in [6, 6.07) is 2.93. The first-order valence-corrected chi connectivity index (χ1v) is 7.91. The molecule has 1 aromatic rings. The molecule has 0 radical (unpaired) electrons. The highest BCUT2D eigenvalue weighted by Crippen LogP contribution is 2.33. The Morgan fingerprint density at radius 3 is 2.76 bits per heavy atom. The lowest BCUT2D eigenvalue weighted by molar-refractivity contribution is 0.455. The molecule has 3 rings (SSSR count). The Hall–Kier alpha value is -0.310. The number of rotatable bonds is 3. The molecule has 2 nitrogen and oxygen atoms in total. The summed E-state index contributed by atoms with van der Waals surface area (Å²) in [6.45, 7) is 0. The highest BCUT2D eigenvalue weighted by Gasteiger charge is 2.24. The fourth-order valence-corrected chi connectivity index (χ4v) is 4.15. The lowest BCUT2D eigenvalue weighted by Crippen LogP contribution is -2.07. The van der Waals surface area contributed by atoms with Crippen molar-refractivity contribution in [2.24, 2.45) is 5.92 Å². The average Bonchev–Trinajstić information content (AvgIpc) is 3.00. The molecule has 17 heavy (non-hydrogen) atoms. The molecule has 2 fully saturated rings. The van der Waals surface area contributed by atoms with Crippen LogP contribution < -0.4 is 0 Å². The van der Waals surface area contributed by atoms with E-state index in [1.54, 1.807) is 0 Å². The van der Waals surface area contributed by atoms with E-state index < -0.39 is 0 Å². The van der Waals surface area contributed by atoms with Gasteiger partial charge in [0.25, 0.3) is 0 Å². The Morgan fingerprint density at radius 1 is 1.24 bits per heavy atom. The first kappa shape index (κ1) is 11.8. The van der Waals surface area contributed by atoms with Gasteiger partial charge in [0.15, 0.2) is 0 Å². The van der Waals surface area contributed by atoms with Crippen LogP contribution >= 0.6 is 15.9 Å². The first-order valence-electron chi connectivity index (χ1n) is 6.99. The van der Waals surface area contributed by atoms with Crippen molar-refractivity contribution in [3.8, 4) is 0 Å². The van der Waals surface area contributed by atoms with Crippen LogP contribution in [-0.4, -0.2) is 14.6 Å². The zero-order valence-electron chi connectivity index (χ0n) is 10.3. The van der Waals surface area contributed by atoms with Gasteiger partial charge in [-0.05, 0) is 50.5 Å². The molecule has 0 saturated heterocycles. The van der Waals surface area contributed by atoms with E-state index in [1.807, 2.05) is 0 Å². The minimum Gasteiger partial charge on any atom is -0.269 e. The van der Waals surface area contributed by atoms with Crippen LogP contribution in [0.2, 0.25) is 0 Å². The summed E-state index contributed by atoms with van der Waals surface area (Å²) in [5.74, 6) is 0.853. The fraction of sp³-hybridized carbons (Fsp3) is 0.786. The standard InChI is InChI=1S/C14H21BrN2/c15-12-6-5-11(9-12)10-13-7-8-17(16-13)14-3-1-2-4-14/h7-8,11-12,14H,1-6,9-10H2. The highest BCUT2D eigenvalue weighted by atomic mass is 79.9. The lowest BCUT2D eigenvalue weighted by atomic mass is 10.0. The van der Waals surface area contributed by atoms with Crippen molar-refractivity contribution < 1.29 is 0 Å². The molecular weight excluding hydrogens is 276 g/mol. The van der Waals surface area contributed by atoms with E-state index in [-0.39, 0.29) is 0 Å². The minimum absolute atomic E-state index is 0.691. The number of alkyl halides is 1. The number of nitrogens with zero attached hydrogens (tertiary/aromatic N) is 2. The van der Waals surface area contributed by atoms with Gasteiger partial charge in [0.05, 0.1) is 11.7 Å². The van der Waals surface area contributed by atoms with Crippen LogP contribution in [0.3, 0.4) is 0 Å². The zero-order chi connectivity index (χ0) is 11.7. The maximum atomic E-state index is 4.78. The summed E-state index contributed by atoms with van der Waals surface area (Å²) in [5, 5.41) is 4.78. The van der Waals surface area contributed by atoms with Crippen LogP contribution in [0.5, 0.6) is 0 Å². The second-order valence-corrected chi connectivity index (χ2v) is 7.00. The molecule has 1 aromatic heterocycles. The van der Waals surface area contributed by atoms with E-state index in [2.05, 4.69) is 32.9 Å². The van der Waals surface area contributed by atoms with Gasteiger partial charge in [-0.25, -0.2) is 0 Å². The normalized spacial score (nSPS) is 30.2. The second kappa shape index (κ2) is 5.13. The smallest absolute Gasteiger partial charge is 0.0627 e. The van der Waals surface area contributed by atoms with Crippen molar-refractivity contribution in [1.29, 1.82) is 0 Å². The molecule has 2 aliphatic carbocycles. The zero-order valence-corrected chi connectivity index (χ0v) is 11.9. The molecule has 2 atom stereocenters. The molecular formula is C14H21BrN2. The summed E-state index contributed by atoms with van der Waals surface area (Å²) in [7, 11) is 0. The fourth-order valence-electron chi connectivity index (χ4n) is 3.35. The van der Waals surface area contributed by atoms with Crippen LogP contribution in [0.15, 0.2) is 12.3 Å². The van der Waals surface area contributed by atoms with Crippen molar-refractivity contribution in [1.82, 2.24) is 9.78 Å². The molecule has 94 valence electrons. The lowest BCUT2D eigenvalue weighted by Gasteiger charge is -2.10. The van der Waals surface area contributed by atoms with Gasteiger partial charge in [-0.3, -0.25) is 4.68 Å². The van der Waals surface area contributed by atoms with Gasteiger partial charge >= 0.3 is 0 Å². The van der Waals surface area contributed by atoms with Gasteiger partial charge < -0.3 is 0 Å². The van der Waals surface area contributed by atoms with E-state index in [0.717, 1.165) is 10.7 Å². The average molecular weight is 297 g/mol. The maximum absolute atomic E-state index is 4.78. The van der Waals surface area contributed by atoms with E-state index >= 15 is 0 Å². The maximum Gasteiger partial charge on any atom is 0.0627 e. The van der Waals surface area contributed by atoms with Crippen LogP contribution in [0.25, 0.3) is 0 Å². The van der Waals surface area contributed by atoms with Gasteiger partial charge in [0.1, 0.15) is 0 Å². The van der Waals surface area contributed by atoms with E-state index in [1.165, 1.54) is 57.1 Å². The Balaban J connectivity index is 1.60. The summed E-state index contributed by atoms with van der Waals surface area (Å²) >= 11 is 3.73. The third kappa shape index (κ3) is 2.75. The summed E-state index contributed by atoms with van der Waals surface area (Å²) in [6.07, 6.45) is 12.8. The van der Waals surface area contributed by atoms with Crippen molar-refractivity contribution in [2.75, 3.05) is 0 Å². The highest BCUT2D eigenvalue weighted by molar-refractivity contribution is 9.09. The number of aromatic nitrogens is 2. The Morgan fingerprint density at radius 2 is 2.06 bits per heavy atom. The van der Waals surface area contributed by atoms with Gasteiger partial charge in [-0.2, -0.15) is 5.10 Å². The quantitative estimate of drug-likeness (QED) is 0.768. The molecule has 0 aliphatic heterocycles. The van der Waals surface area contributed by atoms with Gasteiger partial charge in [0.2, 0.25) is 0 Å². The topological polar surface area (TPSA) is 17.8 Å². The molecule has 1 heterocycles. The van der Waals surface area contributed by atoms with Crippen molar-refractivity contribution in [2.45, 2.75) is 62.2 Å². The van der Waals surface area contributed by atoms with Crippen LogP contribution in [0.1, 0.15) is 56.7 Å². The molecule has 2 saturated carbocycles. The molecule has 0 bridgehead atoms. The predicted octanol–water partition coefficient (Wildman–Crippen LogP) is 4.10. The number of hydrogen-bond acceptors (Lipinski definition) is 1. The SMILES string of the molecule is BrC1CCC(Cc2ccn(C3CCCC3)n2)C1. The van der Waals surface area contributed by atoms with Gasteiger partial charge in [-0.1, -0.05) is 28.8 Å². The monoisotopic (exact) mass is 296 g/mol. The number of hydrogen-bond donors (Lipinski definition) is 0. The molecule has 0 aromatic carbocycles. The Bertz CT molecular complexity index is 368. The third-order valence-corrected chi connectivity index (χ3v) is 5.17. The van der Waals surface area contributed by atoms with Crippen LogP contribution in [-0.2, 0) is 6.42 Å².